The number of carbonyl (C=O) groups is 2. The number of nitrogens with one attached hydrogen (secondary N) is 1. The van der Waals surface area contributed by atoms with Crippen molar-refractivity contribution in [2.24, 2.45) is 0 Å². The number of carboxylic acids is 1. The summed E-state index contributed by atoms with van der Waals surface area (Å²) >= 11 is 0. The van der Waals surface area contributed by atoms with Crippen LogP contribution in [0.3, 0.4) is 0 Å². The second-order valence-corrected chi connectivity index (χ2v) is 4.28. The lowest BCUT2D eigenvalue weighted by molar-refractivity contribution is -0.141. The number of ether oxygens (including phenoxy) is 1. The third-order valence-corrected chi connectivity index (χ3v) is 2.66. The van der Waals surface area contributed by atoms with Gasteiger partial charge in [-0.1, -0.05) is 0 Å². The molecule has 0 aliphatic carbocycles. The Kier molecular flexibility index (Phi) is 5.28. The highest BCUT2D eigenvalue weighted by Crippen LogP contribution is 2.22. The number of hydrogen-bond acceptors (Lipinski definition) is 6. The van der Waals surface area contributed by atoms with E-state index < -0.39 is 48.6 Å². The lowest BCUT2D eigenvalue weighted by atomic mass is 9.96. The van der Waals surface area contributed by atoms with E-state index in [9.17, 15) is 19.8 Å². The van der Waals surface area contributed by atoms with E-state index in [1.165, 1.54) is 6.92 Å². The van der Waals surface area contributed by atoms with Crippen molar-refractivity contribution in [3.8, 4) is 0 Å². The number of hydrogen-bond donors (Lipinski definition) is 5. The molecule has 0 saturated carbocycles. The van der Waals surface area contributed by atoms with Crippen molar-refractivity contribution in [2.75, 3.05) is 6.61 Å². The number of carbonyl (C=O) groups excluding carboxylic acids is 1. The van der Waals surface area contributed by atoms with E-state index >= 15 is 0 Å². The van der Waals surface area contributed by atoms with Crippen LogP contribution in [0.1, 0.15) is 13.3 Å². The van der Waals surface area contributed by atoms with Gasteiger partial charge in [-0.25, -0.2) is 4.79 Å². The van der Waals surface area contributed by atoms with E-state index in [2.05, 4.69) is 5.32 Å². The number of amides is 1. The van der Waals surface area contributed by atoms with Crippen LogP contribution < -0.4 is 5.32 Å². The molecule has 8 heteroatoms. The molecule has 1 amide bonds. The van der Waals surface area contributed by atoms with Crippen LogP contribution in [-0.2, 0) is 14.3 Å². The summed E-state index contributed by atoms with van der Waals surface area (Å²) in [4.78, 5) is 21.9. The predicted molar refractivity (Wildman–Crippen MR) is 61.9 cm³/mol. The third-order valence-electron chi connectivity index (χ3n) is 2.66. The average Bonchev–Trinajstić information content (AvgIpc) is 2.32. The van der Waals surface area contributed by atoms with Gasteiger partial charge >= 0.3 is 5.97 Å². The summed E-state index contributed by atoms with van der Waals surface area (Å²) in [6.45, 7) is 0.706. The Bertz CT molecular complexity index is 381. The Morgan fingerprint density at radius 2 is 2.16 bits per heavy atom. The summed E-state index contributed by atoms with van der Waals surface area (Å²) in [5.74, 6) is -2.24. The van der Waals surface area contributed by atoms with Gasteiger partial charge in [0.25, 0.3) is 0 Å². The minimum atomic E-state index is -1.36. The van der Waals surface area contributed by atoms with Crippen LogP contribution in [0, 0.1) is 0 Å². The van der Waals surface area contributed by atoms with Gasteiger partial charge in [0.1, 0.15) is 6.10 Å². The first-order chi connectivity index (χ1) is 8.85. The zero-order chi connectivity index (χ0) is 14.6. The molecule has 4 atom stereocenters. The summed E-state index contributed by atoms with van der Waals surface area (Å²) in [5, 5.41) is 39.2. The van der Waals surface area contributed by atoms with Gasteiger partial charge in [-0.2, -0.15) is 0 Å². The molecule has 108 valence electrons. The first-order valence-electron chi connectivity index (χ1n) is 5.71. The molecule has 8 nitrogen and oxygen atoms in total. The van der Waals surface area contributed by atoms with Crippen LogP contribution in [0.4, 0.5) is 0 Å². The van der Waals surface area contributed by atoms with E-state index in [0.717, 1.165) is 6.08 Å². The number of carboxylic acid groups (broad SMARTS) is 1. The van der Waals surface area contributed by atoms with Gasteiger partial charge in [-0.3, -0.25) is 4.79 Å². The molecule has 0 bridgehead atoms. The highest BCUT2D eigenvalue weighted by molar-refractivity contribution is 5.84. The lowest BCUT2D eigenvalue weighted by Gasteiger charge is -2.35. The molecule has 0 radical (unpaired) electrons. The zero-order valence-electron chi connectivity index (χ0n) is 10.3. The van der Waals surface area contributed by atoms with Gasteiger partial charge in [0.15, 0.2) is 0 Å². The summed E-state index contributed by atoms with van der Waals surface area (Å²) < 4.78 is 5.12. The molecule has 0 aromatic carbocycles. The van der Waals surface area contributed by atoms with Gasteiger partial charge in [-0.15, -0.1) is 0 Å². The standard InChI is InChI=1S/C11H17NO7/c1-5(14)12-10-7(16)3-9(11(17)18)19-8(10)2-6(15)4-13/h3,6-8,10,13,15-16H,2,4H2,1H3,(H,12,14)(H,17,18)/t6-,7?,8?,10+/m0/s1. The molecule has 0 aromatic rings. The monoisotopic (exact) mass is 275 g/mol. The maximum atomic E-state index is 11.0. The quantitative estimate of drug-likeness (QED) is 0.390. The fourth-order valence-electron chi connectivity index (χ4n) is 1.83. The average molecular weight is 275 g/mol. The zero-order valence-corrected chi connectivity index (χ0v) is 10.3. The predicted octanol–water partition coefficient (Wildman–Crippen LogP) is -2.04. The second kappa shape index (κ2) is 6.50. The SMILES string of the molecule is CC(=O)N[C@@H]1C(O)C=C(C(=O)O)OC1C[C@H](O)CO. The van der Waals surface area contributed by atoms with Crippen molar-refractivity contribution < 1.29 is 34.8 Å². The van der Waals surface area contributed by atoms with E-state index in [1.54, 1.807) is 0 Å². The molecule has 0 fully saturated rings. The van der Waals surface area contributed by atoms with E-state index in [-0.39, 0.29) is 6.42 Å². The minimum absolute atomic E-state index is 0.122. The van der Waals surface area contributed by atoms with Gasteiger partial charge in [0.05, 0.1) is 24.9 Å². The fourth-order valence-corrected chi connectivity index (χ4v) is 1.83. The van der Waals surface area contributed by atoms with Crippen molar-refractivity contribution in [1.29, 1.82) is 0 Å². The second-order valence-electron chi connectivity index (χ2n) is 4.28. The van der Waals surface area contributed by atoms with Crippen LogP contribution in [0.25, 0.3) is 0 Å². The van der Waals surface area contributed by atoms with Crippen molar-refractivity contribution in [1.82, 2.24) is 5.32 Å². The molecule has 1 aliphatic rings. The Morgan fingerprint density at radius 3 is 2.63 bits per heavy atom. The highest BCUT2D eigenvalue weighted by Gasteiger charge is 2.37. The Labute approximate surface area is 109 Å². The molecule has 0 aromatic heterocycles. The van der Waals surface area contributed by atoms with Gasteiger partial charge < -0.3 is 30.5 Å². The number of aliphatic hydroxyl groups excluding tert-OH is 3. The third kappa shape index (κ3) is 4.19. The van der Waals surface area contributed by atoms with Crippen LogP contribution in [0.5, 0.6) is 0 Å². The maximum absolute atomic E-state index is 11.0. The molecule has 1 aliphatic heterocycles. The lowest BCUT2D eigenvalue weighted by Crippen LogP contribution is -2.54. The summed E-state index contributed by atoms with van der Waals surface area (Å²) in [6.07, 6.45) is -2.48. The Hall–Kier alpha value is -1.64. The maximum Gasteiger partial charge on any atom is 0.370 e. The van der Waals surface area contributed by atoms with Crippen LogP contribution in [0.2, 0.25) is 0 Å². The summed E-state index contributed by atoms with van der Waals surface area (Å²) in [5.41, 5.74) is 0. The van der Waals surface area contributed by atoms with E-state index in [0.29, 0.717) is 0 Å². The molecular formula is C11H17NO7. The Balaban J connectivity index is 2.90. The fraction of sp³-hybridized carbons (Fsp3) is 0.636. The van der Waals surface area contributed by atoms with Crippen molar-refractivity contribution in [3.63, 3.8) is 0 Å². The number of rotatable bonds is 5. The van der Waals surface area contributed by atoms with Crippen LogP contribution in [0.15, 0.2) is 11.8 Å². The summed E-state index contributed by atoms with van der Waals surface area (Å²) in [6, 6.07) is -0.887. The largest absolute Gasteiger partial charge is 0.481 e. The molecule has 2 unspecified atom stereocenters. The molecule has 1 heterocycles. The highest BCUT2D eigenvalue weighted by atomic mass is 16.5. The normalized spacial score (nSPS) is 28.0. The van der Waals surface area contributed by atoms with Crippen molar-refractivity contribution >= 4 is 11.9 Å². The molecule has 0 saturated heterocycles. The molecular weight excluding hydrogens is 258 g/mol. The van der Waals surface area contributed by atoms with Crippen LogP contribution in [-0.4, -0.2) is 63.3 Å². The minimum Gasteiger partial charge on any atom is -0.481 e. The first kappa shape index (κ1) is 15.4. The van der Waals surface area contributed by atoms with Crippen molar-refractivity contribution in [3.05, 3.63) is 11.8 Å². The molecule has 0 spiro atoms. The molecule has 19 heavy (non-hydrogen) atoms. The smallest absolute Gasteiger partial charge is 0.370 e. The van der Waals surface area contributed by atoms with E-state index in [4.69, 9.17) is 14.9 Å². The van der Waals surface area contributed by atoms with Gasteiger partial charge in [0, 0.05) is 13.3 Å². The Morgan fingerprint density at radius 1 is 1.53 bits per heavy atom. The van der Waals surface area contributed by atoms with Gasteiger partial charge in [0.2, 0.25) is 11.7 Å². The number of aliphatic carboxylic acids is 1. The molecule has 5 N–H and O–H groups in total. The number of aliphatic hydroxyl groups is 3. The first-order valence-corrected chi connectivity index (χ1v) is 5.71. The van der Waals surface area contributed by atoms with Crippen LogP contribution >= 0.6 is 0 Å². The molecule has 1 rings (SSSR count). The van der Waals surface area contributed by atoms with Gasteiger partial charge in [-0.05, 0) is 6.08 Å². The van der Waals surface area contributed by atoms with Crippen molar-refractivity contribution in [2.45, 2.75) is 37.7 Å². The van der Waals surface area contributed by atoms with E-state index in [1.807, 2.05) is 0 Å². The topological polar surface area (TPSA) is 136 Å². The summed E-state index contributed by atoms with van der Waals surface area (Å²) in [7, 11) is 0.